The van der Waals surface area contributed by atoms with Gasteiger partial charge in [0.25, 0.3) is 11.8 Å². The summed E-state index contributed by atoms with van der Waals surface area (Å²) in [4.78, 5) is 26.1. The molecule has 8 nitrogen and oxygen atoms in total. The van der Waals surface area contributed by atoms with Gasteiger partial charge in [-0.1, -0.05) is 12.1 Å². The average Bonchev–Trinajstić information content (AvgIpc) is 3.32. The van der Waals surface area contributed by atoms with Crippen molar-refractivity contribution >= 4 is 23.6 Å². The van der Waals surface area contributed by atoms with Gasteiger partial charge >= 0.3 is 0 Å². The first-order valence-corrected chi connectivity index (χ1v) is 10.3. The van der Waals surface area contributed by atoms with Crippen LogP contribution in [-0.4, -0.2) is 32.1 Å². The van der Waals surface area contributed by atoms with Crippen LogP contribution in [0.15, 0.2) is 71.0 Å². The van der Waals surface area contributed by atoms with Crippen LogP contribution in [0.25, 0.3) is 6.08 Å². The Hall–Kier alpha value is -4.20. The van der Waals surface area contributed by atoms with Crippen LogP contribution in [-0.2, 0) is 4.79 Å². The van der Waals surface area contributed by atoms with E-state index in [1.54, 1.807) is 42.5 Å². The van der Waals surface area contributed by atoms with Crippen molar-refractivity contribution in [3.63, 3.8) is 0 Å². The highest BCUT2D eigenvalue weighted by molar-refractivity contribution is 6.11. The molecule has 8 heteroatoms. The van der Waals surface area contributed by atoms with E-state index in [-0.39, 0.29) is 17.4 Å². The van der Waals surface area contributed by atoms with E-state index in [2.05, 4.69) is 10.6 Å². The maximum atomic E-state index is 13.1. The molecule has 0 aliphatic carbocycles. The highest BCUT2D eigenvalue weighted by atomic mass is 16.5. The monoisotopic (exact) mass is 450 g/mol. The van der Waals surface area contributed by atoms with E-state index in [1.807, 2.05) is 19.9 Å². The van der Waals surface area contributed by atoms with E-state index >= 15 is 0 Å². The Bertz CT molecular complexity index is 1140. The van der Waals surface area contributed by atoms with E-state index in [0.717, 1.165) is 0 Å². The fourth-order valence-electron chi connectivity index (χ4n) is 2.96. The number of nitrogens with one attached hydrogen (secondary N) is 2. The number of carbonyl (C=O) groups is 2. The Kier molecular flexibility index (Phi) is 7.75. The third kappa shape index (κ3) is 6.16. The average molecular weight is 450 g/mol. The van der Waals surface area contributed by atoms with Gasteiger partial charge in [0.15, 0.2) is 11.5 Å². The second kappa shape index (κ2) is 10.9. The zero-order chi connectivity index (χ0) is 23.8. The number of methoxy groups -OCH3 is 2. The third-order valence-corrected chi connectivity index (χ3v) is 4.47. The van der Waals surface area contributed by atoms with E-state index in [1.165, 1.54) is 32.6 Å². The SMILES string of the molecule is COc1ccc(C(=O)N/C(=C\c2ccco2)C(=O)Nc2ccccc2OC(C)C)cc1OC. The van der Waals surface area contributed by atoms with Crippen LogP contribution in [0.5, 0.6) is 17.2 Å². The number of carbonyl (C=O) groups excluding carboxylic acids is 2. The number of anilines is 1. The summed E-state index contributed by atoms with van der Waals surface area (Å²) >= 11 is 0. The van der Waals surface area contributed by atoms with Gasteiger partial charge in [0.05, 0.1) is 32.3 Å². The van der Waals surface area contributed by atoms with Gasteiger partial charge < -0.3 is 29.3 Å². The van der Waals surface area contributed by atoms with Gasteiger partial charge in [0.1, 0.15) is 17.2 Å². The van der Waals surface area contributed by atoms with Crippen molar-refractivity contribution in [3.05, 3.63) is 77.9 Å². The number of ether oxygens (including phenoxy) is 3. The molecule has 0 unspecified atom stereocenters. The van der Waals surface area contributed by atoms with E-state index < -0.39 is 11.8 Å². The lowest BCUT2D eigenvalue weighted by atomic mass is 10.1. The molecular formula is C25H26N2O6. The fraction of sp³-hybridized carbons (Fsp3) is 0.200. The topological polar surface area (TPSA) is 99.0 Å². The van der Waals surface area contributed by atoms with Crippen LogP contribution in [0.4, 0.5) is 5.69 Å². The second-order valence-corrected chi connectivity index (χ2v) is 7.21. The minimum Gasteiger partial charge on any atom is -0.493 e. The largest absolute Gasteiger partial charge is 0.493 e. The zero-order valence-electron chi connectivity index (χ0n) is 18.9. The van der Waals surface area contributed by atoms with E-state index in [0.29, 0.717) is 28.7 Å². The quantitative estimate of drug-likeness (QED) is 0.466. The highest BCUT2D eigenvalue weighted by Crippen LogP contribution is 2.28. The van der Waals surface area contributed by atoms with Gasteiger partial charge in [-0.2, -0.15) is 0 Å². The van der Waals surface area contributed by atoms with Crippen LogP contribution in [0.1, 0.15) is 30.0 Å². The summed E-state index contributed by atoms with van der Waals surface area (Å²) in [6.07, 6.45) is 2.84. The number of para-hydroxylation sites is 2. The molecule has 2 aromatic carbocycles. The number of benzene rings is 2. The minimum absolute atomic E-state index is 0.0101. The van der Waals surface area contributed by atoms with E-state index in [9.17, 15) is 9.59 Å². The molecule has 2 amide bonds. The van der Waals surface area contributed by atoms with Crippen molar-refractivity contribution < 1.29 is 28.2 Å². The maximum absolute atomic E-state index is 13.1. The molecular weight excluding hydrogens is 424 g/mol. The Morgan fingerprint density at radius 2 is 1.70 bits per heavy atom. The molecule has 0 atom stereocenters. The lowest BCUT2D eigenvalue weighted by molar-refractivity contribution is -0.113. The molecule has 3 rings (SSSR count). The Balaban J connectivity index is 1.87. The Morgan fingerprint density at radius 1 is 0.939 bits per heavy atom. The van der Waals surface area contributed by atoms with Crippen LogP contribution in [0, 0.1) is 0 Å². The number of hydrogen-bond acceptors (Lipinski definition) is 6. The molecule has 0 aliphatic rings. The van der Waals surface area contributed by atoms with E-state index in [4.69, 9.17) is 18.6 Å². The molecule has 0 saturated heterocycles. The van der Waals surface area contributed by atoms with Gasteiger partial charge in [-0.3, -0.25) is 9.59 Å². The van der Waals surface area contributed by atoms with Gasteiger partial charge in [-0.25, -0.2) is 0 Å². The molecule has 2 N–H and O–H groups in total. The molecule has 0 bridgehead atoms. The second-order valence-electron chi connectivity index (χ2n) is 7.21. The first-order chi connectivity index (χ1) is 15.9. The van der Waals surface area contributed by atoms with Crippen LogP contribution < -0.4 is 24.8 Å². The predicted octanol–water partition coefficient (Wildman–Crippen LogP) is 4.49. The van der Waals surface area contributed by atoms with Gasteiger partial charge in [-0.05, 0) is 56.3 Å². The maximum Gasteiger partial charge on any atom is 0.272 e. The zero-order valence-corrected chi connectivity index (χ0v) is 18.9. The standard InChI is InChI=1S/C25H26N2O6/c1-16(2)33-21-10-6-5-9-19(21)26-25(29)20(15-18-8-7-13-32-18)27-24(28)17-11-12-22(30-3)23(14-17)31-4/h5-16H,1-4H3,(H,26,29)(H,27,28)/b20-15-. The summed E-state index contributed by atoms with van der Waals surface area (Å²) in [6, 6.07) is 15.1. The van der Waals surface area contributed by atoms with Crippen molar-refractivity contribution in [1.82, 2.24) is 5.32 Å². The van der Waals surface area contributed by atoms with Crippen molar-refractivity contribution in [3.8, 4) is 17.2 Å². The normalized spacial score (nSPS) is 11.1. The predicted molar refractivity (Wildman–Crippen MR) is 125 cm³/mol. The third-order valence-electron chi connectivity index (χ3n) is 4.47. The molecule has 0 fully saturated rings. The fourth-order valence-corrected chi connectivity index (χ4v) is 2.96. The molecule has 1 aromatic heterocycles. The summed E-state index contributed by atoms with van der Waals surface area (Å²) in [6.45, 7) is 3.79. The molecule has 0 spiro atoms. The lowest BCUT2D eigenvalue weighted by Gasteiger charge is -2.16. The Labute approximate surface area is 192 Å². The number of amides is 2. The highest BCUT2D eigenvalue weighted by Gasteiger charge is 2.18. The van der Waals surface area contributed by atoms with Gasteiger partial charge in [0.2, 0.25) is 0 Å². The molecule has 0 saturated carbocycles. The van der Waals surface area contributed by atoms with Crippen LogP contribution >= 0.6 is 0 Å². The smallest absolute Gasteiger partial charge is 0.272 e. The van der Waals surface area contributed by atoms with Crippen molar-refractivity contribution in [2.75, 3.05) is 19.5 Å². The lowest BCUT2D eigenvalue weighted by Crippen LogP contribution is -2.31. The molecule has 33 heavy (non-hydrogen) atoms. The number of hydrogen-bond donors (Lipinski definition) is 2. The minimum atomic E-state index is -0.542. The summed E-state index contributed by atoms with van der Waals surface area (Å²) in [5.41, 5.74) is 0.750. The first-order valence-electron chi connectivity index (χ1n) is 10.3. The van der Waals surface area contributed by atoms with Crippen molar-refractivity contribution in [2.24, 2.45) is 0 Å². The van der Waals surface area contributed by atoms with Gasteiger partial charge in [0, 0.05) is 11.6 Å². The first kappa shape index (κ1) is 23.5. The van der Waals surface area contributed by atoms with Crippen molar-refractivity contribution in [1.29, 1.82) is 0 Å². The van der Waals surface area contributed by atoms with Crippen LogP contribution in [0.3, 0.4) is 0 Å². The summed E-state index contributed by atoms with van der Waals surface area (Å²) in [5.74, 6) is 0.755. The Morgan fingerprint density at radius 3 is 2.36 bits per heavy atom. The number of rotatable bonds is 9. The summed E-state index contributed by atoms with van der Waals surface area (Å²) < 4.78 is 21.6. The molecule has 3 aromatic rings. The van der Waals surface area contributed by atoms with Crippen LogP contribution in [0.2, 0.25) is 0 Å². The molecule has 0 aliphatic heterocycles. The van der Waals surface area contributed by atoms with Crippen molar-refractivity contribution in [2.45, 2.75) is 20.0 Å². The van der Waals surface area contributed by atoms with Gasteiger partial charge in [-0.15, -0.1) is 0 Å². The molecule has 172 valence electrons. The number of furan rings is 1. The molecule has 0 radical (unpaired) electrons. The summed E-state index contributed by atoms with van der Waals surface area (Å²) in [5, 5.41) is 5.45. The summed E-state index contributed by atoms with van der Waals surface area (Å²) in [7, 11) is 2.98. The molecule has 1 heterocycles.